The Morgan fingerprint density at radius 1 is 0.871 bits per heavy atom. The van der Waals surface area contributed by atoms with Gasteiger partial charge in [-0.25, -0.2) is 0 Å². The number of hydrogen-bond donors (Lipinski definition) is 2. The molecule has 0 aliphatic heterocycles. The molecule has 0 heterocycles. The molecule has 0 aromatic heterocycles. The van der Waals surface area contributed by atoms with Crippen molar-refractivity contribution in [2.24, 2.45) is 0 Å². The zero-order valence-electron chi connectivity index (χ0n) is 19.5. The maximum Gasteiger partial charge on any atom is 0.238 e. The summed E-state index contributed by atoms with van der Waals surface area (Å²) >= 11 is 0. The Hall–Kier alpha value is -2.86. The van der Waals surface area contributed by atoms with Crippen LogP contribution < -0.4 is 15.4 Å². The lowest BCUT2D eigenvalue weighted by atomic mass is 9.92. The van der Waals surface area contributed by atoms with Crippen LogP contribution in [0.4, 0.5) is 11.4 Å². The molecule has 0 atom stereocenters. The van der Waals surface area contributed by atoms with Crippen LogP contribution in [0.5, 0.6) is 5.75 Å². The van der Waals surface area contributed by atoms with Gasteiger partial charge >= 0.3 is 0 Å². The molecule has 6 nitrogen and oxygen atoms in total. The second kappa shape index (κ2) is 11.5. The van der Waals surface area contributed by atoms with Gasteiger partial charge in [-0.15, -0.1) is 0 Å². The highest BCUT2D eigenvalue weighted by Gasteiger charge is 2.18. The monoisotopic (exact) mass is 425 g/mol. The molecule has 2 aromatic carbocycles. The molecule has 0 saturated heterocycles. The van der Waals surface area contributed by atoms with Gasteiger partial charge in [0.2, 0.25) is 11.8 Å². The molecule has 31 heavy (non-hydrogen) atoms. The van der Waals surface area contributed by atoms with Gasteiger partial charge in [-0.2, -0.15) is 0 Å². The Labute approximate surface area is 186 Å². The lowest BCUT2D eigenvalue weighted by molar-refractivity contribution is -0.119. The van der Waals surface area contributed by atoms with Gasteiger partial charge in [0.15, 0.2) is 0 Å². The van der Waals surface area contributed by atoms with Gasteiger partial charge in [-0.05, 0) is 53.8 Å². The van der Waals surface area contributed by atoms with Gasteiger partial charge in [0.05, 0.1) is 20.2 Å². The summed E-state index contributed by atoms with van der Waals surface area (Å²) in [6.07, 6.45) is 0. The second-order valence-corrected chi connectivity index (χ2v) is 8.25. The number of carbonyl (C=O) groups is 2. The fraction of sp³-hybridized carbons (Fsp3) is 0.440. The summed E-state index contributed by atoms with van der Waals surface area (Å²) in [6, 6.07) is 13.3. The molecular weight excluding hydrogens is 390 g/mol. The summed E-state index contributed by atoms with van der Waals surface area (Å²) < 4.78 is 5.13. The Kier molecular flexibility index (Phi) is 9.06. The maximum absolute atomic E-state index is 12.8. The molecule has 0 fully saturated rings. The number of hydrogen-bond acceptors (Lipinski definition) is 4. The molecule has 0 aliphatic carbocycles. The van der Waals surface area contributed by atoms with E-state index in [4.69, 9.17) is 4.74 Å². The van der Waals surface area contributed by atoms with E-state index >= 15 is 0 Å². The average molecular weight is 426 g/mol. The smallest absolute Gasteiger partial charge is 0.238 e. The van der Waals surface area contributed by atoms with Crippen LogP contribution in [-0.4, -0.2) is 43.5 Å². The SMILES string of the molecule is CCN(CC(=O)Nc1ccc(OC)cc1)CC(=O)Nc1c(C(C)C)cccc1C(C)C. The highest BCUT2D eigenvalue weighted by atomic mass is 16.5. The van der Waals surface area contributed by atoms with Crippen LogP contribution in [-0.2, 0) is 9.59 Å². The topological polar surface area (TPSA) is 70.7 Å². The molecule has 168 valence electrons. The Bertz CT molecular complexity index is 850. The number of methoxy groups -OCH3 is 1. The number of anilines is 2. The molecule has 2 N–H and O–H groups in total. The highest BCUT2D eigenvalue weighted by Crippen LogP contribution is 2.32. The molecule has 2 amide bonds. The summed E-state index contributed by atoms with van der Waals surface area (Å²) in [6.45, 7) is 11.3. The van der Waals surface area contributed by atoms with Crippen LogP contribution in [0.3, 0.4) is 0 Å². The molecule has 0 saturated carbocycles. The lowest BCUT2D eigenvalue weighted by Gasteiger charge is -2.23. The van der Waals surface area contributed by atoms with E-state index in [2.05, 4.69) is 50.5 Å². The van der Waals surface area contributed by atoms with Crippen LogP contribution in [0.2, 0.25) is 0 Å². The largest absolute Gasteiger partial charge is 0.497 e. The average Bonchev–Trinajstić information content (AvgIpc) is 2.73. The van der Waals surface area contributed by atoms with Crippen LogP contribution >= 0.6 is 0 Å². The van der Waals surface area contributed by atoms with Crippen molar-refractivity contribution in [3.05, 3.63) is 53.6 Å². The molecule has 0 aliphatic rings. The fourth-order valence-electron chi connectivity index (χ4n) is 3.43. The third-order valence-corrected chi connectivity index (χ3v) is 5.19. The quantitative estimate of drug-likeness (QED) is 0.571. The molecule has 0 radical (unpaired) electrons. The number of amides is 2. The van der Waals surface area contributed by atoms with E-state index in [1.165, 1.54) is 0 Å². The summed E-state index contributed by atoms with van der Waals surface area (Å²) in [4.78, 5) is 27.1. The van der Waals surface area contributed by atoms with E-state index in [0.717, 1.165) is 22.6 Å². The standard InChI is InChI=1S/C25H35N3O3/c1-7-28(15-23(29)26-19-11-13-20(31-6)14-12-19)16-24(30)27-25-21(17(2)3)9-8-10-22(25)18(4)5/h8-14,17-18H,7,15-16H2,1-6H3,(H,26,29)(H,27,30). The number of benzene rings is 2. The van der Waals surface area contributed by atoms with E-state index < -0.39 is 0 Å². The van der Waals surface area contributed by atoms with Crippen LogP contribution in [0.25, 0.3) is 0 Å². The van der Waals surface area contributed by atoms with Gasteiger partial charge in [-0.1, -0.05) is 52.8 Å². The van der Waals surface area contributed by atoms with E-state index in [-0.39, 0.29) is 24.9 Å². The minimum absolute atomic E-state index is 0.117. The zero-order valence-corrected chi connectivity index (χ0v) is 19.5. The number of rotatable bonds is 10. The number of para-hydroxylation sites is 1. The van der Waals surface area contributed by atoms with E-state index in [0.29, 0.717) is 24.1 Å². The molecule has 0 spiro atoms. The minimum atomic E-state index is -0.162. The van der Waals surface area contributed by atoms with Crippen LogP contribution in [0.1, 0.15) is 57.6 Å². The molecule has 0 unspecified atom stereocenters. The predicted molar refractivity (Wildman–Crippen MR) is 127 cm³/mol. The van der Waals surface area contributed by atoms with Crippen LogP contribution in [0, 0.1) is 0 Å². The molecule has 2 aromatic rings. The number of carbonyl (C=O) groups excluding carboxylic acids is 2. The lowest BCUT2D eigenvalue weighted by Crippen LogP contribution is -2.38. The van der Waals surface area contributed by atoms with Crippen molar-refractivity contribution >= 4 is 23.2 Å². The molecular formula is C25H35N3O3. The van der Waals surface area contributed by atoms with Crippen molar-refractivity contribution < 1.29 is 14.3 Å². The first kappa shape index (κ1) is 24.4. The van der Waals surface area contributed by atoms with Crippen LogP contribution in [0.15, 0.2) is 42.5 Å². The third-order valence-electron chi connectivity index (χ3n) is 5.19. The Morgan fingerprint density at radius 2 is 1.39 bits per heavy atom. The Morgan fingerprint density at radius 3 is 1.84 bits per heavy atom. The van der Waals surface area contributed by atoms with Crippen molar-refractivity contribution in [2.45, 2.75) is 46.5 Å². The number of likely N-dealkylation sites (N-methyl/N-ethyl adjacent to an activating group) is 1. The van der Waals surface area contributed by atoms with Crippen molar-refractivity contribution in [1.29, 1.82) is 0 Å². The van der Waals surface area contributed by atoms with Gasteiger partial charge in [0, 0.05) is 11.4 Å². The van der Waals surface area contributed by atoms with Gasteiger partial charge in [0.1, 0.15) is 5.75 Å². The van der Waals surface area contributed by atoms with Gasteiger partial charge in [0.25, 0.3) is 0 Å². The van der Waals surface area contributed by atoms with Gasteiger partial charge in [-0.3, -0.25) is 14.5 Å². The van der Waals surface area contributed by atoms with E-state index in [1.807, 2.05) is 17.9 Å². The first-order valence-corrected chi connectivity index (χ1v) is 10.8. The molecule has 0 bridgehead atoms. The highest BCUT2D eigenvalue weighted by molar-refractivity contribution is 5.95. The van der Waals surface area contributed by atoms with Crippen molar-refractivity contribution in [3.8, 4) is 5.75 Å². The number of nitrogens with one attached hydrogen (secondary N) is 2. The summed E-state index contributed by atoms with van der Waals surface area (Å²) in [5.74, 6) is 1.05. The van der Waals surface area contributed by atoms with Crippen molar-refractivity contribution in [1.82, 2.24) is 4.90 Å². The molecule has 6 heteroatoms. The summed E-state index contributed by atoms with van der Waals surface area (Å²) in [7, 11) is 1.60. The fourth-order valence-corrected chi connectivity index (χ4v) is 3.43. The first-order chi connectivity index (χ1) is 14.7. The number of ether oxygens (including phenoxy) is 1. The van der Waals surface area contributed by atoms with Crippen molar-refractivity contribution in [3.63, 3.8) is 0 Å². The predicted octanol–water partition coefficient (Wildman–Crippen LogP) is 4.84. The normalized spacial score (nSPS) is 11.1. The van der Waals surface area contributed by atoms with E-state index in [9.17, 15) is 9.59 Å². The van der Waals surface area contributed by atoms with E-state index in [1.54, 1.807) is 31.4 Å². The first-order valence-electron chi connectivity index (χ1n) is 10.8. The third kappa shape index (κ3) is 7.10. The van der Waals surface area contributed by atoms with Crippen molar-refractivity contribution in [2.75, 3.05) is 37.4 Å². The maximum atomic E-state index is 12.8. The number of nitrogens with zero attached hydrogens (tertiary/aromatic N) is 1. The summed E-state index contributed by atoms with van der Waals surface area (Å²) in [5, 5.41) is 5.98. The summed E-state index contributed by atoms with van der Waals surface area (Å²) in [5.41, 5.74) is 3.84. The molecule has 2 rings (SSSR count). The zero-order chi connectivity index (χ0) is 23.0. The minimum Gasteiger partial charge on any atom is -0.497 e. The Balaban J connectivity index is 2.02. The second-order valence-electron chi connectivity index (χ2n) is 8.25. The van der Waals surface area contributed by atoms with Gasteiger partial charge < -0.3 is 15.4 Å².